The lowest BCUT2D eigenvalue weighted by atomic mass is 10.0. The molecule has 0 aromatic heterocycles. The van der Waals surface area contributed by atoms with Crippen LogP contribution in [0.15, 0.2) is 18.2 Å². The summed E-state index contributed by atoms with van der Waals surface area (Å²) in [4.78, 5) is 10.3. The van der Waals surface area contributed by atoms with Crippen molar-refractivity contribution in [1.29, 1.82) is 0 Å². The average molecular weight is 210 g/mol. The first kappa shape index (κ1) is 11.5. The molecule has 0 fully saturated rings. The summed E-state index contributed by atoms with van der Waals surface area (Å²) in [7, 11) is 1.40. The van der Waals surface area contributed by atoms with E-state index in [1.54, 1.807) is 12.1 Å². The Morgan fingerprint density at radius 1 is 1.60 bits per heavy atom. The maximum absolute atomic E-state index is 10.7. The van der Waals surface area contributed by atoms with Gasteiger partial charge in [0.05, 0.1) is 12.0 Å². The van der Waals surface area contributed by atoms with Crippen molar-refractivity contribution in [1.82, 2.24) is 0 Å². The third kappa shape index (κ3) is 2.44. The first-order valence-corrected chi connectivity index (χ1v) is 4.68. The van der Waals surface area contributed by atoms with Gasteiger partial charge in [0, 0.05) is 12.1 Å². The van der Waals surface area contributed by atoms with E-state index in [9.17, 15) is 10.1 Å². The van der Waals surface area contributed by atoms with Crippen molar-refractivity contribution in [2.75, 3.05) is 7.11 Å². The molecule has 0 radical (unpaired) electrons. The van der Waals surface area contributed by atoms with E-state index < -0.39 is 4.92 Å². The zero-order chi connectivity index (χ0) is 11.4. The van der Waals surface area contributed by atoms with Crippen molar-refractivity contribution >= 4 is 5.69 Å². The summed E-state index contributed by atoms with van der Waals surface area (Å²) in [6.07, 6.45) is 0.740. The highest BCUT2D eigenvalue weighted by Crippen LogP contribution is 2.29. The predicted octanol–water partition coefficient (Wildman–Crippen LogP) is 2.01. The number of nitro benzene ring substituents is 1. The number of ether oxygens (including phenoxy) is 1. The third-order valence-corrected chi connectivity index (χ3v) is 2.27. The summed E-state index contributed by atoms with van der Waals surface area (Å²) >= 11 is 0. The van der Waals surface area contributed by atoms with Crippen LogP contribution in [0, 0.1) is 10.1 Å². The van der Waals surface area contributed by atoms with Gasteiger partial charge in [0.15, 0.2) is 5.75 Å². The molecule has 0 bridgehead atoms. The van der Waals surface area contributed by atoms with Gasteiger partial charge in [-0.25, -0.2) is 0 Å². The van der Waals surface area contributed by atoms with Gasteiger partial charge in [0.2, 0.25) is 0 Å². The Kier molecular flexibility index (Phi) is 3.62. The van der Waals surface area contributed by atoms with E-state index in [0.29, 0.717) is 0 Å². The minimum absolute atomic E-state index is 0.0427. The Bertz CT molecular complexity index is 366. The number of benzene rings is 1. The van der Waals surface area contributed by atoms with Crippen LogP contribution in [0.25, 0.3) is 0 Å². The first-order chi connectivity index (χ1) is 7.10. The SMILES string of the molecule is CC[C@H](N)c1ccc(OC)c([N+](=O)[O-])c1. The van der Waals surface area contributed by atoms with Gasteiger partial charge in [-0.1, -0.05) is 13.0 Å². The fraction of sp³-hybridized carbons (Fsp3) is 0.400. The van der Waals surface area contributed by atoms with Crippen LogP contribution in [-0.2, 0) is 0 Å². The lowest BCUT2D eigenvalue weighted by Crippen LogP contribution is -2.09. The molecular weight excluding hydrogens is 196 g/mol. The predicted molar refractivity (Wildman–Crippen MR) is 56.9 cm³/mol. The van der Waals surface area contributed by atoms with E-state index in [-0.39, 0.29) is 17.5 Å². The maximum atomic E-state index is 10.7. The normalized spacial score (nSPS) is 12.2. The number of methoxy groups -OCH3 is 1. The van der Waals surface area contributed by atoms with Gasteiger partial charge < -0.3 is 10.5 Å². The zero-order valence-electron chi connectivity index (χ0n) is 8.77. The molecule has 0 saturated carbocycles. The van der Waals surface area contributed by atoms with Crippen LogP contribution in [0.2, 0.25) is 0 Å². The van der Waals surface area contributed by atoms with E-state index in [1.165, 1.54) is 13.2 Å². The molecule has 5 heteroatoms. The lowest BCUT2D eigenvalue weighted by Gasteiger charge is -2.09. The molecule has 0 saturated heterocycles. The average Bonchev–Trinajstić information content (AvgIpc) is 2.27. The van der Waals surface area contributed by atoms with Crippen LogP contribution >= 0.6 is 0 Å². The van der Waals surface area contributed by atoms with Gasteiger partial charge >= 0.3 is 5.69 Å². The second-order valence-electron chi connectivity index (χ2n) is 3.20. The molecule has 2 N–H and O–H groups in total. The Balaban J connectivity index is 3.16. The summed E-state index contributed by atoms with van der Waals surface area (Å²) in [5, 5.41) is 10.7. The molecule has 1 aromatic rings. The van der Waals surface area contributed by atoms with Crippen LogP contribution < -0.4 is 10.5 Å². The minimum atomic E-state index is -0.468. The van der Waals surface area contributed by atoms with Crippen LogP contribution in [0.4, 0.5) is 5.69 Å². The number of hydrogen-bond acceptors (Lipinski definition) is 4. The maximum Gasteiger partial charge on any atom is 0.311 e. The molecule has 1 rings (SSSR count). The molecule has 0 aliphatic carbocycles. The van der Waals surface area contributed by atoms with Crippen molar-refractivity contribution in [3.63, 3.8) is 0 Å². The van der Waals surface area contributed by atoms with E-state index >= 15 is 0 Å². The van der Waals surface area contributed by atoms with Crippen molar-refractivity contribution in [3.05, 3.63) is 33.9 Å². The van der Waals surface area contributed by atoms with Gasteiger partial charge in [0.25, 0.3) is 0 Å². The van der Waals surface area contributed by atoms with Gasteiger partial charge in [-0.2, -0.15) is 0 Å². The number of hydrogen-bond donors (Lipinski definition) is 1. The molecule has 1 aromatic carbocycles. The molecule has 0 aliphatic rings. The molecule has 0 aliphatic heterocycles. The van der Waals surface area contributed by atoms with E-state index in [4.69, 9.17) is 10.5 Å². The Hall–Kier alpha value is -1.62. The van der Waals surface area contributed by atoms with Crippen LogP contribution in [0.3, 0.4) is 0 Å². The minimum Gasteiger partial charge on any atom is -0.490 e. The Morgan fingerprint density at radius 3 is 2.73 bits per heavy atom. The third-order valence-electron chi connectivity index (χ3n) is 2.27. The summed E-state index contributed by atoms with van der Waals surface area (Å²) < 4.78 is 4.89. The lowest BCUT2D eigenvalue weighted by molar-refractivity contribution is -0.385. The second kappa shape index (κ2) is 4.75. The second-order valence-corrected chi connectivity index (χ2v) is 3.20. The molecule has 0 unspecified atom stereocenters. The molecule has 82 valence electrons. The quantitative estimate of drug-likeness (QED) is 0.609. The molecule has 15 heavy (non-hydrogen) atoms. The molecule has 1 atom stereocenters. The molecular formula is C10H14N2O3. The summed E-state index contributed by atoms with van der Waals surface area (Å²) in [5.41, 5.74) is 6.50. The van der Waals surface area contributed by atoms with Crippen molar-refractivity contribution in [2.45, 2.75) is 19.4 Å². The first-order valence-electron chi connectivity index (χ1n) is 4.68. The molecule has 0 amide bonds. The molecule has 0 heterocycles. The summed E-state index contributed by atoms with van der Waals surface area (Å²) in [6.45, 7) is 1.93. The zero-order valence-corrected chi connectivity index (χ0v) is 8.77. The number of nitro groups is 1. The summed E-state index contributed by atoms with van der Waals surface area (Å²) in [5.74, 6) is 0.257. The van der Waals surface area contributed by atoms with Crippen molar-refractivity contribution < 1.29 is 9.66 Å². The standard InChI is InChI=1S/C10H14N2O3/c1-3-8(11)7-4-5-10(15-2)9(6-7)12(13)14/h4-6,8H,3,11H2,1-2H3/t8-/m0/s1. The highest BCUT2D eigenvalue weighted by atomic mass is 16.6. The number of nitrogens with two attached hydrogens (primary N) is 1. The highest BCUT2D eigenvalue weighted by Gasteiger charge is 2.16. The van der Waals surface area contributed by atoms with E-state index in [0.717, 1.165) is 12.0 Å². The molecule has 5 nitrogen and oxygen atoms in total. The fourth-order valence-corrected chi connectivity index (χ4v) is 1.32. The van der Waals surface area contributed by atoms with Crippen LogP contribution in [-0.4, -0.2) is 12.0 Å². The van der Waals surface area contributed by atoms with Crippen LogP contribution in [0.1, 0.15) is 24.9 Å². The van der Waals surface area contributed by atoms with E-state index in [1.807, 2.05) is 6.92 Å². The van der Waals surface area contributed by atoms with Crippen LogP contribution in [0.5, 0.6) is 5.75 Å². The van der Waals surface area contributed by atoms with Gasteiger partial charge in [-0.15, -0.1) is 0 Å². The van der Waals surface area contributed by atoms with Crippen molar-refractivity contribution in [2.24, 2.45) is 5.73 Å². The van der Waals surface area contributed by atoms with E-state index in [2.05, 4.69) is 0 Å². The highest BCUT2D eigenvalue weighted by molar-refractivity contribution is 5.49. The number of nitrogens with zero attached hydrogens (tertiary/aromatic N) is 1. The van der Waals surface area contributed by atoms with Gasteiger partial charge in [0.1, 0.15) is 0 Å². The van der Waals surface area contributed by atoms with Gasteiger partial charge in [-0.3, -0.25) is 10.1 Å². The van der Waals surface area contributed by atoms with Gasteiger partial charge in [-0.05, 0) is 18.1 Å². The number of rotatable bonds is 4. The fourth-order valence-electron chi connectivity index (χ4n) is 1.32. The molecule has 0 spiro atoms. The largest absolute Gasteiger partial charge is 0.490 e. The monoisotopic (exact) mass is 210 g/mol. The summed E-state index contributed by atoms with van der Waals surface area (Å²) in [6, 6.07) is 4.62. The van der Waals surface area contributed by atoms with Crippen molar-refractivity contribution in [3.8, 4) is 5.75 Å². The topological polar surface area (TPSA) is 78.4 Å². The smallest absolute Gasteiger partial charge is 0.311 e. The Morgan fingerprint density at radius 2 is 2.27 bits per heavy atom. The Labute approximate surface area is 88.0 Å².